The summed E-state index contributed by atoms with van der Waals surface area (Å²) in [4.78, 5) is 14.0. The number of halogens is 2. The zero-order chi connectivity index (χ0) is 24.0. The first-order valence-corrected chi connectivity index (χ1v) is 12.7. The third-order valence-corrected chi connectivity index (χ3v) is 7.79. The predicted molar refractivity (Wildman–Crippen MR) is 136 cm³/mol. The molecule has 8 heteroatoms. The van der Waals surface area contributed by atoms with Gasteiger partial charge in [-0.25, -0.2) is 28.3 Å². The molecule has 1 aliphatic heterocycles. The number of fused-ring (bicyclic) bond motifs is 2. The van der Waals surface area contributed by atoms with Gasteiger partial charge in [-0.1, -0.05) is 12.2 Å². The van der Waals surface area contributed by atoms with Gasteiger partial charge in [0.25, 0.3) is 0 Å². The molecule has 0 spiro atoms. The van der Waals surface area contributed by atoms with Crippen LogP contribution in [-0.4, -0.2) is 37.3 Å². The number of alkyl halides is 2. The van der Waals surface area contributed by atoms with Crippen LogP contribution in [0.1, 0.15) is 71.2 Å². The highest BCUT2D eigenvalue weighted by atomic mass is 19.3. The number of aromatic nitrogens is 4. The van der Waals surface area contributed by atoms with Crippen LogP contribution in [0.15, 0.2) is 47.9 Å². The Balaban J connectivity index is 0.00000267. The van der Waals surface area contributed by atoms with Crippen molar-refractivity contribution in [2.24, 2.45) is 10.9 Å². The van der Waals surface area contributed by atoms with E-state index in [9.17, 15) is 8.78 Å². The Morgan fingerprint density at radius 3 is 2.60 bits per heavy atom. The molecule has 1 fully saturated rings. The van der Waals surface area contributed by atoms with Crippen LogP contribution in [0.5, 0.6) is 0 Å². The van der Waals surface area contributed by atoms with E-state index < -0.39 is 5.92 Å². The smallest absolute Gasteiger partial charge is 0.248 e. The number of pyridine rings is 1. The maximum absolute atomic E-state index is 13.5. The average Bonchev–Trinajstić information content (AvgIpc) is 3.29. The molecular weight excluding hydrogens is 446 g/mol. The van der Waals surface area contributed by atoms with E-state index in [-0.39, 0.29) is 20.3 Å². The van der Waals surface area contributed by atoms with Crippen molar-refractivity contribution in [2.75, 3.05) is 5.32 Å². The van der Waals surface area contributed by atoms with E-state index in [1.807, 2.05) is 18.5 Å². The molecule has 0 amide bonds. The topological polar surface area (TPSA) is 67.5 Å². The summed E-state index contributed by atoms with van der Waals surface area (Å²) in [5.41, 5.74) is 5.33. The summed E-state index contributed by atoms with van der Waals surface area (Å²) in [5, 5.41) is 7.83. The first kappa shape index (κ1) is 22.3. The normalized spacial score (nSPS) is 22.7. The second-order valence-electron chi connectivity index (χ2n) is 10.2. The van der Waals surface area contributed by atoms with Gasteiger partial charge in [0.1, 0.15) is 0 Å². The number of hydrogen-bond donors (Lipinski definition) is 1. The highest BCUT2D eigenvalue weighted by Gasteiger charge is 2.35. The molecular formula is C27H32F2N6. The number of aliphatic imine (C=N–C) groups is 1. The van der Waals surface area contributed by atoms with Crippen molar-refractivity contribution in [3.8, 4) is 11.1 Å². The van der Waals surface area contributed by atoms with Crippen molar-refractivity contribution < 1.29 is 10.2 Å². The summed E-state index contributed by atoms with van der Waals surface area (Å²) in [6.07, 6.45) is 15.5. The van der Waals surface area contributed by atoms with Crippen LogP contribution in [-0.2, 0) is 0 Å². The quantitative estimate of drug-likeness (QED) is 0.412. The fourth-order valence-corrected chi connectivity index (χ4v) is 5.91. The van der Waals surface area contributed by atoms with Crippen LogP contribution in [0.2, 0.25) is 0 Å². The minimum atomic E-state index is -2.54. The molecule has 6 rings (SSSR count). The molecule has 4 heterocycles. The molecule has 35 heavy (non-hydrogen) atoms. The van der Waals surface area contributed by atoms with Crippen molar-refractivity contribution in [2.45, 2.75) is 76.2 Å². The monoisotopic (exact) mass is 478 g/mol. The van der Waals surface area contributed by atoms with Gasteiger partial charge in [0, 0.05) is 61.0 Å². The molecule has 0 bridgehead atoms. The molecule has 1 unspecified atom stereocenters. The van der Waals surface area contributed by atoms with Gasteiger partial charge in [0.2, 0.25) is 11.9 Å². The number of allylic oxidation sites excluding steroid dienone is 2. The van der Waals surface area contributed by atoms with Gasteiger partial charge < -0.3 is 5.32 Å². The van der Waals surface area contributed by atoms with E-state index >= 15 is 0 Å². The lowest BCUT2D eigenvalue weighted by Gasteiger charge is -2.28. The lowest BCUT2D eigenvalue weighted by atomic mass is 9.79. The largest absolute Gasteiger partial charge is 0.350 e. The van der Waals surface area contributed by atoms with Gasteiger partial charge in [-0.2, -0.15) is 0 Å². The fourth-order valence-electron chi connectivity index (χ4n) is 5.91. The molecule has 3 aliphatic rings. The Morgan fingerprint density at radius 1 is 1.06 bits per heavy atom. The summed E-state index contributed by atoms with van der Waals surface area (Å²) in [6.45, 7) is 2.13. The summed E-state index contributed by atoms with van der Waals surface area (Å²) in [6, 6.07) is 4.25. The van der Waals surface area contributed by atoms with Crippen LogP contribution in [0.25, 0.3) is 16.6 Å². The molecule has 0 saturated heterocycles. The summed E-state index contributed by atoms with van der Waals surface area (Å²) in [7, 11) is 0. The van der Waals surface area contributed by atoms with Crippen LogP contribution in [0.4, 0.5) is 20.5 Å². The Bertz CT molecular complexity index is 1300. The van der Waals surface area contributed by atoms with Crippen molar-refractivity contribution >= 4 is 23.0 Å². The lowest BCUT2D eigenvalue weighted by Crippen LogP contribution is -2.32. The van der Waals surface area contributed by atoms with Gasteiger partial charge in [-0.3, -0.25) is 0 Å². The molecule has 6 nitrogen and oxygen atoms in total. The summed E-state index contributed by atoms with van der Waals surface area (Å²) in [5.74, 6) is -0.334. The molecule has 3 aromatic heterocycles. The predicted octanol–water partition coefficient (Wildman–Crippen LogP) is 6.96. The number of anilines is 1. The molecule has 1 N–H and O–H groups in total. The van der Waals surface area contributed by atoms with Crippen molar-refractivity contribution in [1.29, 1.82) is 0 Å². The highest BCUT2D eigenvalue weighted by molar-refractivity contribution is 5.96. The van der Waals surface area contributed by atoms with E-state index in [0.29, 0.717) is 30.6 Å². The van der Waals surface area contributed by atoms with Gasteiger partial charge >= 0.3 is 0 Å². The van der Waals surface area contributed by atoms with E-state index in [2.05, 4.69) is 40.5 Å². The average molecular weight is 479 g/mol. The maximum Gasteiger partial charge on any atom is 0.248 e. The Hall–Kier alpha value is -3.16. The lowest BCUT2D eigenvalue weighted by molar-refractivity contribution is -0.0361. The van der Waals surface area contributed by atoms with Crippen molar-refractivity contribution in [3.63, 3.8) is 0 Å². The second kappa shape index (κ2) is 8.81. The van der Waals surface area contributed by atoms with Gasteiger partial charge in [-0.05, 0) is 63.5 Å². The zero-order valence-electron chi connectivity index (χ0n) is 19.9. The van der Waals surface area contributed by atoms with Crippen molar-refractivity contribution in [1.82, 2.24) is 19.6 Å². The van der Waals surface area contributed by atoms with E-state index in [4.69, 9.17) is 9.98 Å². The molecule has 184 valence electrons. The molecule has 0 radical (unpaired) electrons. The SMILES string of the molecule is CC1=Nc2ncc(-c3ccn4nc(NC5CCC(F)(F)CC5)ncc34)cc2C1C1CCC=CCC1.[HH]. The minimum absolute atomic E-state index is 0. The molecule has 1 atom stereocenters. The number of rotatable bonds is 4. The Kier molecular flexibility index (Phi) is 5.61. The Labute approximate surface area is 205 Å². The van der Waals surface area contributed by atoms with E-state index in [0.717, 1.165) is 41.0 Å². The number of nitrogens with one attached hydrogen (secondary N) is 1. The molecule has 0 aromatic carbocycles. The fraction of sp³-hybridized carbons (Fsp3) is 0.481. The zero-order valence-corrected chi connectivity index (χ0v) is 19.9. The van der Waals surface area contributed by atoms with Crippen molar-refractivity contribution in [3.05, 3.63) is 48.4 Å². The van der Waals surface area contributed by atoms with Gasteiger partial charge in [-0.15, -0.1) is 5.10 Å². The Morgan fingerprint density at radius 2 is 1.83 bits per heavy atom. The van der Waals surface area contributed by atoms with Gasteiger partial charge in [0.05, 0.1) is 11.7 Å². The van der Waals surface area contributed by atoms with Crippen LogP contribution in [0, 0.1) is 5.92 Å². The molecule has 1 saturated carbocycles. The van der Waals surface area contributed by atoms with Crippen LogP contribution in [0.3, 0.4) is 0 Å². The molecule has 2 aliphatic carbocycles. The highest BCUT2D eigenvalue weighted by Crippen LogP contribution is 2.44. The first-order valence-electron chi connectivity index (χ1n) is 12.7. The third kappa shape index (κ3) is 4.34. The van der Waals surface area contributed by atoms with E-state index in [1.54, 1.807) is 10.7 Å². The minimum Gasteiger partial charge on any atom is -0.350 e. The van der Waals surface area contributed by atoms with Crippen LogP contribution >= 0.6 is 0 Å². The summed E-state index contributed by atoms with van der Waals surface area (Å²) >= 11 is 0. The van der Waals surface area contributed by atoms with E-state index in [1.165, 1.54) is 18.4 Å². The first-order chi connectivity index (χ1) is 17.0. The third-order valence-electron chi connectivity index (χ3n) is 7.79. The van der Waals surface area contributed by atoms with Crippen LogP contribution < -0.4 is 5.32 Å². The second-order valence-corrected chi connectivity index (χ2v) is 10.2. The summed E-state index contributed by atoms with van der Waals surface area (Å²) < 4.78 is 28.7. The number of hydrogen-bond acceptors (Lipinski definition) is 5. The maximum atomic E-state index is 13.5. The number of nitrogens with zero attached hydrogens (tertiary/aromatic N) is 5. The molecule has 3 aromatic rings. The standard InChI is InChI=1S/C27H30F2N6.H2/c1-17-24(18-6-4-2-3-5-7-18)22-14-19(15-30-25(22)32-17)21-10-13-35-23(21)16-31-26(34-35)33-20-8-11-27(28,29)12-9-20;/h2-3,10,13-16,18,20,24H,4-9,11-12H2,1H3,(H,33,34);1H. The van der Waals surface area contributed by atoms with Gasteiger partial charge in [0.15, 0.2) is 5.82 Å².